The molecule has 7 nitrogen and oxygen atoms in total. The molecule has 1 heterocycles. The molecule has 2 bridgehead atoms. The Bertz CT molecular complexity index is 1730. The molecule has 4 aromatic carbocycles. The number of hydrogen-bond donors (Lipinski definition) is 0. The highest BCUT2D eigenvalue weighted by molar-refractivity contribution is 6.22. The fourth-order valence-corrected chi connectivity index (χ4v) is 7.52. The van der Waals surface area contributed by atoms with Crippen LogP contribution in [0.15, 0.2) is 109 Å². The van der Waals surface area contributed by atoms with Crippen molar-refractivity contribution in [2.75, 3.05) is 4.90 Å². The van der Waals surface area contributed by atoms with Gasteiger partial charge in [-0.1, -0.05) is 60.7 Å². The molecule has 0 radical (unpaired) electrons. The van der Waals surface area contributed by atoms with Crippen molar-refractivity contribution in [1.29, 1.82) is 0 Å². The van der Waals surface area contributed by atoms with Gasteiger partial charge in [0.05, 0.1) is 23.1 Å². The molecule has 7 rings (SSSR count). The SMILES string of the molecule is C[C@@H](OC(=O)c1ccc(N2C(=O)[C@H]3[C@H]4C[C@@H]([C@@H]3C2=O)[C@@H](c2ccccc2)C4)cc1)C(=O)c1ccc(OCc2ccccc2)cc1. The Balaban J connectivity index is 0.969. The number of carbonyl (C=O) groups excluding carboxylic acids is 4. The minimum Gasteiger partial charge on any atom is -0.489 e. The van der Waals surface area contributed by atoms with Gasteiger partial charge in [-0.3, -0.25) is 19.3 Å². The van der Waals surface area contributed by atoms with Crippen molar-refractivity contribution in [3.8, 4) is 5.75 Å². The van der Waals surface area contributed by atoms with Gasteiger partial charge in [0.25, 0.3) is 0 Å². The molecule has 0 spiro atoms. The zero-order valence-electron chi connectivity index (χ0n) is 24.9. The van der Waals surface area contributed by atoms with Crippen LogP contribution in [0.1, 0.15) is 57.5 Å². The van der Waals surface area contributed by atoms with E-state index in [2.05, 4.69) is 12.1 Å². The van der Waals surface area contributed by atoms with Crippen molar-refractivity contribution in [2.24, 2.45) is 23.7 Å². The predicted molar refractivity (Wildman–Crippen MR) is 168 cm³/mol. The van der Waals surface area contributed by atoms with E-state index < -0.39 is 12.1 Å². The molecule has 6 atom stereocenters. The van der Waals surface area contributed by atoms with Gasteiger partial charge in [0.2, 0.25) is 17.6 Å². The summed E-state index contributed by atoms with van der Waals surface area (Å²) in [6.07, 6.45) is 0.826. The molecular weight excluding hydrogens is 566 g/mol. The number of ether oxygens (including phenoxy) is 2. The molecule has 2 saturated carbocycles. The summed E-state index contributed by atoms with van der Waals surface area (Å²) in [4.78, 5) is 54.3. The molecule has 4 aromatic rings. The Morgan fingerprint density at radius 2 is 1.38 bits per heavy atom. The van der Waals surface area contributed by atoms with Crippen molar-refractivity contribution in [1.82, 2.24) is 0 Å². The van der Waals surface area contributed by atoms with Gasteiger partial charge in [0.1, 0.15) is 12.4 Å². The van der Waals surface area contributed by atoms with Crippen molar-refractivity contribution in [3.05, 3.63) is 131 Å². The van der Waals surface area contributed by atoms with Crippen LogP contribution in [0.2, 0.25) is 0 Å². The fourth-order valence-electron chi connectivity index (χ4n) is 7.52. The van der Waals surface area contributed by atoms with E-state index in [-0.39, 0.29) is 46.8 Å². The number of imide groups is 1. The van der Waals surface area contributed by atoms with E-state index in [0.717, 1.165) is 18.4 Å². The van der Waals surface area contributed by atoms with Crippen LogP contribution in [-0.2, 0) is 20.9 Å². The van der Waals surface area contributed by atoms with E-state index in [1.165, 1.54) is 29.5 Å². The van der Waals surface area contributed by atoms with E-state index in [1.807, 2.05) is 48.5 Å². The van der Waals surface area contributed by atoms with Gasteiger partial charge >= 0.3 is 5.97 Å². The van der Waals surface area contributed by atoms with E-state index in [9.17, 15) is 19.2 Å². The lowest BCUT2D eigenvalue weighted by Crippen LogP contribution is -2.33. The van der Waals surface area contributed by atoms with Crippen LogP contribution in [0.4, 0.5) is 5.69 Å². The van der Waals surface area contributed by atoms with Gasteiger partial charge in [-0.2, -0.15) is 0 Å². The summed E-state index contributed by atoms with van der Waals surface area (Å²) in [6, 6.07) is 33.0. The zero-order valence-corrected chi connectivity index (χ0v) is 24.9. The molecule has 0 N–H and O–H groups in total. The number of amides is 2. The maximum atomic E-state index is 13.6. The second-order valence-corrected chi connectivity index (χ2v) is 12.2. The third kappa shape index (κ3) is 5.33. The average Bonchev–Trinajstić information content (AvgIpc) is 3.75. The third-order valence-electron chi connectivity index (χ3n) is 9.64. The molecule has 2 amide bonds. The molecule has 2 aliphatic carbocycles. The number of Topliss-reactive ketones (excluding diaryl/α,β-unsaturated/α-hetero) is 1. The van der Waals surface area contributed by atoms with Gasteiger partial charge in [-0.25, -0.2) is 4.79 Å². The molecular formula is C38H33NO6. The lowest BCUT2D eigenvalue weighted by Gasteiger charge is -2.28. The lowest BCUT2D eigenvalue weighted by atomic mass is 9.73. The molecule has 226 valence electrons. The molecule has 45 heavy (non-hydrogen) atoms. The maximum Gasteiger partial charge on any atom is 0.338 e. The van der Waals surface area contributed by atoms with Crippen LogP contribution in [0.5, 0.6) is 5.75 Å². The van der Waals surface area contributed by atoms with Crippen molar-refractivity contribution in [2.45, 2.75) is 38.4 Å². The molecule has 0 unspecified atom stereocenters. The normalized spacial score (nSPS) is 23.9. The van der Waals surface area contributed by atoms with E-state index in [4.69, 9.17) is 9.47 Å². The molecule has 3 fully saturated rings. The highest BCUT2D eigenvalue weighted by Gasteiger charge is 2.64. The molecule has 7 heteroatoms. The van der Waals surface area contributed by atoms with Gasteiger partial charge in [0, 0.05) is 5.56 Å². The van der Waals surface area contributed by atoms with E-state index >= 15 is 0 Å². The Labute approximate surface area is 261 Å². The van der Waals surface area contributed by atoms with Crippen LogP contribution >= 0.6 is 0 Å². The Morgan fingerprint density at radius 3 is 2.07 bits per heavy atom. The summed E-state index contributed by atoms with van der Waals surface area (Å²) < 4.78 is 11.3. The quantitative estimate of drug-likeness (QED) is 0.122. The van der Waals surface area contributed by atoms with Crippen LogP contribution in [0, 0.1) is 23.7 Å². The second-order valence-electron chi connectivity index (χ2n) is 12.2. The first-order chi connectivity index (χ1) is 21.9. The second kappa shape index (κ2) is 11.8. The summed E-state index contributed by atoms with van der Waals surface area (Å²) in [5.74, 6) is -0.578. The number of hydrogen-bond acceptors (Lipinski definition) is 6. The lowest BCUT2D eigenvalue weighted by molar-refractivity contribution is -0.123. The van der Waals surface area contributed by atoms with Crippen molar-refractivity contribution >= 4 is 29.3 Å². The van der Waals surface area contributed by atoms with Gasteiger partial charge < -0.3 is 9.47 Å². The standard InChI is InChI=1S/C38H33NO6/c1-23(35(40)26-14-18-30(19-15-26)44-22-24-8-4-2-5-9-24)45-38(43)27-12-16-29(17-13-27)39-36(41)33-28-20-31(25-10-6-3-7-11-25)32(21-28)34(33)37(39)42/h2-19,23,28,31-34H,20-22H2,1H3/t23-,28-,31-,32-,33+,34+/m1/s1. The minimum atomic E-state index is -1.01. The number of benzene rings is 4. The Hall–Kier alpha value is -5.04. The summed E-state index contributed by atoms with van der Waals surface area (Å²) in [6.45, 7) is 1.95. The number of fused-ring (bicyclic) bond motifs is 5. The average molecular weight is 600 g/mol. The van der Waals surface area contributed by atoms with Crippen LogP contribution in [-0.4, -0.2) is 29.7 Å². The number of anilines is 1. The molecule has 1 saturated heterocycles. The summed E-state index contributed by atoms with van der Waals surface area (Å²) in [7, 11) is 0. The number of esters is 1. The number of carbonyl (C=O) groups is 4. The third-order valence-corrected chi connectivity index (χ3v) is 9.64. The Kier molecular flexibility index (Phi) is 7.53. The zero-order chi connectivity index (χ0) is 31.1. The first-order valence-corrected chi connectivity index (χ1v) is 15.4. The largest absolute Gasteiger partial charge is 0.489 e. The van der Waals surface area contributed by atoms with Crippen molar-refractivity contribution in [3.63, 3.8) is 0 Å². The van der Waals surface area contributed by atoms with E-state index in [0.29, 0.717) is 29.5 Å². The molecule has 1 aliphatic heterocycles. The van der Waals surface area contributed by atoms with Crippen molar-refractivity contribution < 1.29 is 28.7 Å². The molecule has 0 aromatic heterocycles. The highest BCUT2D eigenvalue weighted by Crippen LogP contribution is 2.61. The van der Waals surface area contributed by atoms with Crippen LogP contribution in [0.25, 0.3) is 0 Å². The smallest absolute Gasteiger partial charge is 0.338 e. The van der Waals surface area contributed by atoms with E-state index in [1.54, 1.807) is 36.4 Å². The predicted octanol–water partition coefficient (Wildman–Crippen LogP) is 6.62. The highest BCUT2D eigenvalue weighted by atomic mass is 16.5. The van der Waals surface area contributed by atoms with Gasteiger partial charge in [0.15, 0.2) is 6.10 Å². The number of nitrogens with zero attached hydrogens (tertiary/aromatic N) is 1. The summed E-state index contributed by atoms with van der Waals surface area (Å²) in [5.41, 5.74) is 3.36. The topological polar surface area (TPSA) is 90.0 Å². The summed E-state index contributed by atoms with van der Waals surface area (Å²) in [5, 5.41) is 0. The number of rotatable bonds is 9. The first kappa shape index (κ1) is 28.7. The fraction of sp³-hybridized carbons (Fsp3) is 0.263. The molecule has 3 aliphatic rings. The van der Waals surface area contributed by atoms with Gasteiger partial charge in [-0.15, -0.1) is 0 Å². The Morgan fingerprint density at radius 1 is 0.756 bits per heavy atom. The monoisotopic (exact) mass is 599 g/mol. The first-order valence-electron chi connectivity index (χ1n) is 15.4. The van der Waals surface area contributed by atoms with Crippen LogP contribution < -0.4 is 9.64 Å². The summed E-state index contributed by atoms with van der Waals surface area (Å²) >= 11 is 0. The van der Waals surface area contributed by atoms with Gasteiger partial charge in [-0.05, 0) is 97.2 Å². The minimum absolute atomic E-state index is 0.143. The maximum absolute atomic E-state index is 13.6. The van der Waals surface area contributed by atoms with Crippen LogP contribution in [0.3, 0.4) is 0 Å². The number of ketones is 1.